The minimum absolute atomic E-state index is 0.0251. The minimum Gasteiger partial charge on any atom is -0.395 e. The summed E-state index contributed by atoms with van der Waals surface area (Å²) in [6.45, 7) is 1.76. The highest BCUT2D eigenvalue weighted by atomic mass is 16.3. The first-order valence-electron chi connectivity index (χ1n) is 5.59. The summed E-state index contributed by atoms with van der Waals surface area (Å²) >= 11 is 0. The van der Waals surface area contributed by atoms with Gasteiger partial charge in [0, 0.05) is 17.1 Å². The van der Waals surface area contributed by atoms with E-state index < -0.39 is 0 Å². The van der Waals surface area contributed by atoms with Crippen molar-refractivity contribution in [1.82, 2.24) is 4.98 Å². The monoisotopic (exact) mass is 232 g/mol. The van der Waals surface area contributed by atoms with Crippen molar-refractivity contribution in [2.45, 2.75) is 19.4 Å². The molecule has 4 heteroatoms. The largest absolute Gasteiger partial charge is 0.395 e. The fraction of sp³-hybridized carbons (Fsp3) is 0.308. The Bertz CT molecular complexity index is 589. The van der Waals surface area contributed by atoms with Gasteiger partial charge in [0.1, 0.15) is 0 Å². The zero-order valence-electron chi connectivity index (χ0n) is 9.73. The summed E-state index contributed by atoms with van der Waals surface area (Å²) in [7, 11) is 0. The molecule has 0 radical (unpaired) electrons. The smallest absolute Gasteiger partial charge is 0.251 e. The van der Waals surface area contributed by atoms with Crippen LogP contribution in [0.1, 0.15) is 11.1 Å². The quantitative estimate of drug-likeness (QED) is 0.728. The summed E-state index contributed by atoms with van der Waals surface area (Å²) < 4.78 is 0. The third kappa shape index (κ3) is 2.54. The Morgan fingerprint density at radius 1 is 1.41 bits per heavy atom. The topological polar surface area (TPSA) is 79.1 Å². The summed E-state index contributed by atoms with van der Waals surface area (Å²) in [5, 5.41) is 9.91. The molecular weight excluding hydrogens is 216 g/mol. The Morgan fingerprint density at radius 3 is 2.88 bits per heavy atom. The van der Waals surface area contributed by atoms with E-state index in [2.05, 4.69) is 4.98 Å². The number of pyridine rings is 1. The SMILES string of the molecule is Cc1cc2cc(CC(N)CO)ccc2[nH]c1=O. The van der Waals surface area contributed by atoms with Gasteiger partial charge in [-0.05, 0) is 42.5 Å². The first-order chi connectivity index (χ1) is 8.10. The molecule has 90 valence electrons. The van der Waals surface area contributed by atoms with E-state index in [4.69, 9.17) is 10.8 Å². The van der Waals surface area contributed by atoms with Crippen LogP contribution < -0.4 is 11.3 Å². The second-order valence-electron chi connectivity index (χ2n) is 4.35. The number of H-pyrrole nitrogens is 1. The normalized spacial score (nSPS) is 12.9. The van der Waals surface area contributed by atoms with Gasteiger partial charge in [-0.15, -0.1) is 0 Å². The second kappa shape index (κ2) is 4.69. The molecule has 2 aromatic rings. The Hall–Kier alpha value is -1.65. The van der Waals surface area contributed by atoms with Crippen LogP contribution in [0.5, 0.6) is 0 Å². The van der Waals surface area contributed by atoms with Crippen molar-refractivity contribution in [2.75, 3.05) is 6.61 Å². The fourth-order valence-corrected chi connectivity index (χ4v) is 1.86. The van der Waals surface area contributed by atoms with Crippen LogP contribution in [0, 0.1) is 6.92 Å². The van der Waals surface area contributed by atoms with Crippen molar-refractivity contribution in [3.8, 4) is 0 Å². The fourth-order valence-electron chi connectivity index (χ4n) is 1.86. The lowest BCUT2D eigenvalue weighted by molar-refractivity contribution is 0.265. The highest BCUT2D eigenvalue weighted by molar-refractivity contribution is 5.79. The Labute approximate surface area is 99.1 Å². The molecule has 0 aliphatic carbocycles. The molecule has 1 unspecified atom stereocenters. The van der Waals surface area contributed by atoms with Crippen LogP contribution in [-0.4, -0.2) is 22.7 Å². The lowest BCUT2D eigenvalue weighted by atomic mass is 10.0. The maximum absolute atomic E-state index is 11.4. The van der Waals surface area contributed by atoms with Crippen LogP contribution in [0.3, 0.4) is 0 Å². The summed E-state index contributed by atoms with van der Waals surface area (Å²) in [6.07, 6.45) is 0.630. The van der Waals surface area contributed by atoms with E-state index in [9.17, 15) is 4.79 Å². The van der Waals surface area contributed by atoms with Crippen molar-refractivity contribution >= 4 is 10.9 Å². The van der Waals surface area contributed by atoms with Gasteiger partial charge >= 0.3 is 0 Å². The van der Waals surface area contributed by atoms with Gasteiger partial charge in [0.05, 0.1) is 6.61 Å². The Kier molecular flexibility index (Phi) is 3.26. The maximum atomic E-state index is 11.4. The van der Waals surface area contributed by atoms with Gasteiger partial charge in [0.25, 0.3) is 5.56 Å². The van der Waals surface area contributed by atoms with Crippen LogP contribution >= 0.6 is 0 Å². The number of rotatable bonds is 3. The van der Waals surface area contributed by atoms with Crippen LogP contribution in [0.15, 0.2) is 29.1 Å². The number of aromatic nitrogens is 1. The van der Waals surface area contributed by atoms with Crippen LogP contribution in [0.4, 0.5) is 0 Å². The van der Waals surface area contributed by atoms with Gasteiger partial charge in [-0.1, -0.05) is 6.07 Å². The van der Waals surface area contributed by atoms with Crippen LogP contribution in [-0.2, 0) is 6.42 Å². The van der Waals surface area contributed by atoms with Gasteiger partial charge in [-0.25, -0.2) is 0 Å². The zero-order valence-corrected chi connectivity index (χ0v) is 9.73. The summed E-state index contributed by atoms with van der Waals surface area (Å²) in [5.41, 5.74) is 8.21. The molecule has 1 aromatic heterocycles. The number of hydrogen-bond acceptors (Lipinski definition) is 3. The molecule has 0 aliphatic heterocycles. The molecule has 0 saturated carbocycles. The third-order valence-electron chi connectivity index (χ3n) is 2.83. The van der Waals surface area contributed by atoms with Crippen LogP contribution in [0.2, 0.25) is 0 Å². The van der Waals surface area contributed by atoms with E-state index in [1.165, 1.54) is 0 Å². The number of benzene rings is 1. The van der Waals surface area contributed by atoms with Crippen molar-refractivity contribution in [2.24, 2.45) is 5.73 Å². The Morgan fingerprint density at radius 2 is 2.18 bits per heavy atom. The third-order valence-corrected chi connectivity index (χ3v) is 2.83. The Balaban J connectivity index is 2.43. The predicted octanol–water partition coefficient (Wildman–Crippen LogP) is 0.699. The van der Waals surface area contributed by atoms with E-state index in [1.54, 1.807) is 6.92 Å². The standard InChI is InChI=1S/C13H16N2O2/c1-8-4-10-5-9(6-11(14)7-16)2-3-12(10)15-13(8)17/h2-5,11,16H,6-7,14H2,1H3,(H,15,17). The first kappa shape index (κ1) is 11.8. The van der Waals surface area contributed by atoms with Gasteiger partial charge in [0.15, 0.2) is 0 Å². The molecule has 0 amide bonds. The molecule has 2 rings (SSSR count). The molecule has 0 bridgehead atoms. The summed E-state index contributed by atoms with van der Waals surface area (Å²) in [6, 6.07) is 7.41. The lowest BCUT2D eigenvalue weighted by Gasteiger charge is -2.09. The summed E-state index contributed by atoms with van der Waals surface area (Å²) in [5.74, 6) is 0. The molecule has 0 saturated heterocycles. The highest BCUT2D eigenvalue weighted by Crippen LogP contribution is 2.14. The van der Waals surface area contributed by atoms with Crippen molar-refractivity contribution in [3.63, 3.8) is 0 Å². The molecule has 0 spiro atoms. The van der Waals surface area contributed by atoms with Crippen molar-refractivity contribution in [3.05, 3.63) is 45.7 Å². The number of hydrogen-bond donors (Lipinski definition) is 3. The van der Waals surface area contributed by atoms with Crippen molar-refractivity contribution in [1.29, 1.82) is 0 Å². The molecule has 4 nitrogen and oxygen atoms in total. The van der Waals surface area contributed by atoms with E-state index in [1.807, 2.05) is 24.3 Å². The average Bonchev–Trinajstić information content (AvgIpc) is 2.31. The molecule has 1 atom stereocenters. The molecule has 1 aromatic carbocycles. The van der Waals surface area contributed by atoms with Gasteiger partial charge < -0.3 is 15.8 Å². The lowest BCUT2D eigenvalue weighted by Crippen LogP contribution is -2.26. The number of nitrogens with two attached hydrogens (primary N) is 1. The van der Waals surface area contributed by atoms with Crippen LogP contribution in [0.25, 0.3) is 10.9 Å². The number of nitrogens with one attached hydrogen (secondary N) is 1. The molecule has 17 heavy (non-hydrogen) atoms. The average molecular weight is 232 g/mol. The van der Waals surface area contributed by atoms with E-state index in [-0.39, 0.29) is 18.2 Å². The number of aliphatic hydroxyl groups is 1. The molecule has 0 fully saturated rings. The van der Waals surface area contributed by atoms with E-state index in [0.717, 1.165) is 16.5 Å². The first-order valence-corrected chi connectivity index (χ1v) is 5.59. The molecular formula is C13H16N2O2. The van der Waals surface area contributed by atoms with Gasteiger partial charge in [-0.3, -0.25) is 4.79 Å². The zero-order chi connectivity index (χ0) is 12.4. The second-order valence-corrected chi connectivity index (χ2v) is 4.35. The molecule has 4 N–H and O–H groups in total. The van der Waals surface area contributed by atoms with Gasteiger partial charge in [-0.2, -0.15) is 0 Å². The number of fused-ring (bicyclic) bond motifs is 1. The molecule has 0 aliphatic rings. The van der Waals surface area contributed by atoms with Gasteiger partial charge in [0.2, 0.25) is 0 Å². The number of aryl methyl sites for hydroxylation is 1. The van der Waals surface area contributed by atoms with E-state index >= 15 is 0 Å². The summed E-state index contributed by atoms with van der Waals surface area (Å²) in [4.78, 5) is 14.2. The number of aliphatic hydroxyl groups excluding tert-OH is 1. The highest BCUT2D eigenvalue weighted by Gasteiger charge is 2.04. The maximum Gasteiger partial charge on any atom is 0.251 e. The number of aromatic amines is 1. The molecule has 1 heterocycles. The predicted molar refractivity (Wildman–Crippen MR) is 68.1 cm³/mol. The van der Waals surface area contributed by atoms with Crippen molar-refractivity contribution < 1.29 is 5.11 Å². The van der Waals surface area contributed by atoms with E-state index in [0.29, 0.717) is 12.0 Å². The minimum atomic E-state index is -0.240.